The number of hydrogen-bond donors (Lipinski definition) is 0. The molecule has 0 atom stereocenters. The summed E-state index contributed by atoms with van der Waals surface area (Å²) in [5.74, 6) is 3.03. The summed E-state index contributed by atoms with van der Waals surface area (Å²) in [6.07, 6.45) is 11.2. The maximum atomic E-state index is 5.12. The van der Waals surface area contributed by atoms with Crippen LogP contribution in [0, 0.1) is 12.0 Å². The molecule has 0 radical (unpaired) electrons. The second-order valence-corrected chi connectivity index (χ2v) is 3.29. The Labute approximate surface area is 82.9 Å². The third-order valence-corrected chi connectivity index (χ3v) is 1.90. The molecule has 0 aromatic carbocycles. The van der Waals surface area contributed by atoms with Crippen molar-refractivity contribution in [3.05, 3.63) is 0 Å². The second-order valence-electron chi connectivity index (χ2n) is 3.29. The predicted molar refractivity (Wildman–Crippen MR) is 57.4 cm³/mol. The first-order valence-electron chi connectivity index (χ1n) is 5.51. The number of unbranched alkanes of at least 4 members (excludes halogenated alkanes) is 5. The van der Waals surface area contributed by atoms with Crippen molar-refractivity contribution in [2.24, 2.45) is 0 Å². The van der Waals surface area contributed by atoms with Gasteiger partial charge in [-0.15, -0.1) is 0 Å². The molecule has 0 aliphatic heterocycles. The van der Waals surface area contributed by atoms with Crippen LogP contribution in [0.4, 0.5) is 0 Å². The van der Waals surface area contributed by atoms with Gasteiger partial charge in [0.05, 0.1) is 0 Å². The van der Waals surface area contributed by atoms with Crippen molar-refractivity contribution in [1.82, 2.24) is 0 Å². The molecule has 1 heteroatoms. The van der Waals surface area contributed by atoms with Crippen LogP contribution < -0.4 is 0 Å². The normalized spacial score (nSPS) is 9.08. The van der Waals surface area contributed by atoms with E-state index < -0.39 is 0 Å². The Morgan fingerprint density at radius 2 is 1.69 bits per heavy atom. The summed E-state index contributed by atoms with van der Waals surface area (Å²) in [5, 5.41) is 0. The molecule has 0 saturated carbocycles. The fourth-order valence-electron chi connectivity index (χ4n) is 1.01. The standard InChI is InChI=1S/C12H22O/c1-3-5-7-8-9-10-12-13-11-6-4-2/h3-9,11H2,1-2H3. The first kappa shape index (κ1) is 12.4. The molecule has 0 spiro atoms. The summed E-state index contributed by atoms with van der Waals surface area (Å²) in [5.41, 5.74) is 0. The van der Waals surface area contributed by atoms with Gasteiger partial charge < -0.3 is 4.74 Å². The van der Waals surface area contributed by atoms with E-state index in [1.807, 2.05) is 0 Å². The van der Waals surface area contributed by atoms with E-state index in [1.54, 1.807) is 0 Å². The molecule has 0 aromatic rings. The zero-order valence-electron chi connectivity index (χ0n) is 9.07. The summed E-state index contributed by atoms with van der Waals surface area (Å²) in [7, 11) is 0. The monoisotopic (exact) mass is 182 g/mol. The van der Waals surface area contributed by atoms with E-state index in [1.165, 1.54) is 32.1 Å². The Hall–Kier alpha value is -0.640. The van der Waals surface area contributed by atoms with Gasteiger partial charge in [-0.05, 0) is 12.8 Å². The van der Waals surface area contributed by atoms with Crippen LogP contribution >= 0.6 is 0 Å². The van der Waals surface area contributed by atoms with Crippen molar-refractivity contribution in [2.45, 2.75) is 58.8 Å². The molecule has 0 heterocycles. The average Bonchev–Trinajstić information content (AvgIpc) is 2.16. The van der Waals surface area contributed by atoms with Crippen LogP contribution in [0.1, 0.15) is 58.8 Å². The first-order chi connectivity index (χ1) is 6.41. The van der Waals surface area contributed by atoms with E-state index in [4.69, 9.17) is 4.74 Å². The summed E-state index contributed by atoms with van der Waals surface area (Å²) in [6.45, 7) is 5.17. The fourth-order valence-corrected chi connectivity index (χ4v) is 1.01. The maximum absolute atomic E-state index is 5.12. The Bertz CT molecular complexity index is 141. The summed E-state index contributed by atoms with van der Waals surface area (Å²) in [4.78, 5) is 0. The van der Waals surface area contributed by atoms with Crippen LogP contribution in [-0.2, 0) is 4.74 Å². The molecular formula is C12H22O. The lowest BCUT2D eigenvalue weighted by atomic mass is 10.2. The van der Waals surface area contributed by atoms with Crippen LogP contribution in [-0.4, -0.2) is 6.61 Å². The molecule has 1 nitrogen and oxygen atoms in total. The molecule has 0 aliphatic rings. The van der Waals surface area contributed by atoms with Gasteiger partial charge in [-0.1, -0.05) is 45.5 Å². The Morgan fingerprint density at radius 3 is 2.38 bits per heavy atom. The van der Waals surface area contributed by atoms with Gasteiger partial charge in [0, 0.05) is 6.42 Å². The highest BCUT2D eigenvalue weighted by atomic mass is 16.5. The molecule has 0 aromatic heterocycles. The van der Waals surface area contributed by atoms with Crippen molar-refractivity contribution in [3.63, 3.8) is 0 Å². The van der Waals surface area contributed by atoms with Gasteiger partial charge in [0.15, 0.2) is 0 Å². The van der Waals surface area contributed by atoms with Crippen LogP contribution in [0.3, 0.4) is 0 Å². The zero-order chi connectivity index (χ0) is 9.78. The predicted octanol–water partition coefficient (Wildman–Crippen LogP) is 3.73. The van der Waals surface area contributed by atoms with E-state index in [9.17, 15) is 0 Å². The van der Waals surface area contributed by atoms with Crippen LogP contribution in [0.5, 0.6) is 0 Å². The largest absolute Gasteiger partial charge is 0.447 e. The molecule has 0 saturated heterocycles. The Balaban J connectivity index is 3.02. The van der Waals surface area contributed by atoms with E-state index in [0.717, 1.165) is 19.4 Å². The van der Waals surface area contributed by atoms with Crippen LogP contribution in [0.2, 0.25) is 0 Å². The van der Waals surface area contributed by atoms with Gasteiger partial charge in [0.2, 0.25) is 0 Å². The van der Waals surface area contributed by atoms with Crippen LogP contribution in [0.15, 0.2) is 0 Å². The maximum Gasteiger partial charge on any atom is 0.110 e. The summed E-state index contributed by atoms with van der Waals surface area (Å²) >= 11 is 0. The van der Waals surface area contributed by atoms with Crippen molar-refractivity contribution in [2.75, 3.05) is 6.61 Å². The second kappa shape index (κ2) is 11.4. The smallest absolute Gasteiger partial charge is 0.110 e. The lowest BCUT2D eigenvalue weighted by molar-refractivity contribution is 0.270. The quantitative estimate of drug-likeness (QED) is 0.430. The lowest BCUT2D eigenvalue weighted by Crippen LogP contribution is -1.85. The highest BCUT2D eigenvalue weighted by molar-refractivity contribution is 4.90. The van der Waals surface area contributed by atoms with E-state index in [-0.39, 0.29) is 0 Å². The minimum atomic E-state index is 0.790. The van der Waals surface area contributed by atoms with Crippen molar-refractivity contribution >= 4 is 0 Å². The average molecular weight is 182 g/mol. The van der Waals surface area contributed by atoms with Gasteiger partial charge in [0.1, 0.15) is 12.7 Å². The lowest BCUT2D eigenvalue weighted by Gasteiger charge is -1.93. The molecule has 0 N–H and O–H groups in total. The van der Waals surface area contributed by atoms with E-state index in [0.29, 0.717) is 0 Å². The Morgan fingerprint density at radius 1 is 0.923 bits per heavy atom. The van der Waals surface area contributed by atoms with E-state index in [2.05, 4.69) is 25.9 Å². The summed E-state index contributed by atoms with van der Waals surface area (Å²) in [6, 6.07) is 0. The number of ether oxygens (including phenoxy) is 1. The van der Waals surface area contributed by atoms with Gasteiger partial charge in [-0.3, -0.25) is 0 Å². The summed E-state index contributed by atoms with van der Waals surface area (Å²) < 4.78 is 5.12. The minimum absolute atomic E-state index is 0.790. The van der Waals surface area contributed by atoms with Crippen molar-refractivity contribution in [3.8, 4) is 12.0 Å². The molecule has 0 unspecified atom stereocenters. The minimum Gasteiger partial charge on any atom is -0.447 e. The number of rotatable bonds is 7. The van der Waals surface area contributed by atoms with Gasteiger partial charge in [-0.25, -0.2) is 0 Å². The molecule has 13 heavy (non-hydrogen) atoms. The Kier molecular flexibility index (Phi) is 10.8. The fraction of sp³-hybridized carbons (Fsp3) is 0.833. The first-order valence-corrected chi connectivity index (χ1v) is 5.51. The highest BCUT2D eigenvalue weighted by Crippen LogP contribution is 2.00. The highest BCUT2D eigenvalue weighted by Gasteiger charge is 1.84. The molecule has 0 amide bonds. The van der Waals surface area contributed by atoms with E-state index >= 15 is 0 Å². The van der Waals surface area contributed by atoms with Crippen LogP contribution in [0.25, 0.3) is 0 Å². The number of hydrogen-bond acceptors (Lipinski definition) is 1. The molecular weight excluding hydrogens is 160 g/mol. The molecule has 0 aliphatic carbocycles. The molecule has 0 bridgehead atoms. The van der Waals surface area contributed by atoms with Crippen molar-refractivity contribution in [1.29, 1.82) is 0 Å². The third-order valence-electron chi connectivity index (χ3n) is 1.90. The topological polar surface area (TPSA) is 9.23 Å². The molecule has 76 valence electrons. The van der Waals surface area contributed by atoms with Gasteiger partial charge >= 0.3 is 0 Å². The molecule has 0 rings (SSSR count). The third kappa shape index (κ3) is 11.4. The van der Waals surface area contributed by atoms with Gasteiger partial charge in [-0.2, -0.15) is 0 Å². The van der Waals surface area contributed by atoms with Gasteiger partial charge in [0.25, 0.3) is 0 Å². The molecule has 0 fully saturated rings. The SMILES string of the molecule is CCCCCCC#COCCCC. The zero-order valence-corrected chi connectivity index (χ0v) is 9.07. The van der Waals surface area contributed by atoms with Crippen molar-refractivity contribution < 1.29 is 4.74 Å².